The molecular weight excluding hydrogens is 210 g/mol. The number of hydrogen-bond donors (Lipinski definition) is 4. The van der Waals surface area contributed by atoms with Gasteiger partial charge in [-0.3, -0.25) is 9.78 Å². The van der Waals surface area contributed by atoms with Gasteiger partial charge in [-0.15, -0.1) is 5.10 Å². The second-order valence-corrected chi connectivity index (χ2v) is 4.08. The fourth-order valence-corrected chi connectivity index (χ4v) is 1.90. The Kier molecular flexibility index (Phi) is 3.04. The predicted molar refractivity (Wildman–Crippen MR) is 59.6 cm³/mol. The van der Waals surface area contributed by atoms with Crippen LogP contribution in [-0.2, 0) is 0 Å². The SMILES string of the molecule is CC1CC(Nc2n[nH]c(=O)[nH]c2=O)CCN1. The molecule has 0 aliphatic carbocycles. The second kappa shape index (κ2) is 4.48. The van der Waals surface area contributed by atoms with E-state index in [-0.39, 0.29) is 11.9 Å². The average molecular weight is 225 g/mol. The van der Waals surface area contributed by atoms with Crippen molar-refractivity contribution >= 4 is 5.82 Å². The first kappa shape index (κ1) is 10.9. The van der Waals surface area contributed by atoms with E-state index in [1.807, 2.05) is 0 Å². The van der Waals surface area contributed by atoms with Crippen LogP contribution >= 0.6 is 0 Å². The molecule has 0 bridgehead atoms. The first-order valence-corrected chi connectivity index (χ1v) is 5.34. The van der Waals surface area contributed by atoms with Crippen molar-refractivity contribution < 1.29 is 0 Å². The molecule has 4 N–H and O–H groups in total. The van der Waals surface area contributed by atoms with Gasteiger partial charge in [0.05, 0.1) is 0 Å². The topological polar surface area (TPSA) is 103 Å². The highest BCUT2D eigenvalue weighted by Gasteiger charge is 2.19. The van der Waals surface area contributed by atoms with E-state index >= 15 is 0 Å². The first-order valence-electron chi connectivity index (χ1n) is 5.34. The Morgan fingerprint density at radius 3 is 2.94 bits per heavy atom. The van der Waals surface area contributed by atoms with Crippen molar-refractivity contribution in [2.45, 2.75) is 31.8 Å². The molecule has 2 atom stereocenters. The van der Waals surface area contributed by atoms with Gasteiger partial charge in [-0.2, -0.15) is 0 Å². The van der Waals surface area contributed by atoms with Crippen molar-refractivity contribution in [3.63, 3.8) is 0 Å². The standard InChI is InChI=1S/C9H15N5O2/c1-5-4-6(2-3-10-5)11-7-8(15)12-9(16)14-13-7/h5-6,10H,2-4H2,1H3,(H,11,13)(H2,12,14,15,16). The fraction of sp³-hybridized carbons (Fsp3) is 0.667. The first-order chi connectivity index (χ1) is 7.65. The largest absolute Gasteiger partial charge is 0.361 e. The summed E-state index contributed by atoms with van der Waals surface area (Å²) in [6, 6.07) is 0.642. The lowest BCUT2D eigenvalue weighted by Crippen LogP contribution is -2.42. The minimum Gasteiger partial charge on any atom is -0.361 e. The van der Waals surface area contributed by atoms with Gasteiger partial charge in [0.2, 0.25) is 5.82 Å². The summed E-state index contributed by atoms with van der Waals surface area (Å²) in [5.74, 6) is 0.179. The van der Waals surface area contributed by atoms with Crippen LogP contribution < -0.4 is 21.9 Å². The van der Waals surface area contributed by atoms with Crippen LogP contribution in [-0.4, -0.2) is 33.8 Å². The van der Waals surface area contributed by atoms with E-state index in [1.165, 1.54) is 0 Å². The lowest BCUT2D eigenvalue weighted by Gasteiger charge is -2.28. The molecular formula is C9H15N5O2. The van der Waals surface area contributed by atoms with Crippen LogP contribution in [0.3, 0.4) is 0 Å². The summed E-state index contributed by atoms with van der Waals surface area (Å²) >= 11 is 0. The molecule has 2 unspecified atom stereocenters. The number of anilines is 1. The monoisotopic (exact) mass is 225 g/mol. The number of rotatable bonds is 2. The van der Waals surface area contributed by atoms with Gasteiger partial charge in [0.15, 0.2) is 0 Å². The fourth-order valence-electron chi connectivity index (χ4n) is 1.90. The number of aromatic nitrogens is 3. The highest BCUT2D eigenvalue weighted by molar-refractivity contribution is 5.30. The van der Waals surface area contributed by atoms with Crippen LogP contribution in [0.25, 0.3) is 0 Å². The Morgan fingerprint density at radius 1 is 1.44 bits per heavy atom. The molecule has 0 spiro atoms. The minimum atomic E-state index is -0.589. The maximum absolute atomic E-state index is 11.4. The second-order valence-electron chi connectivity index (χ2n) is 4.08. The molecule has 1 aliphatic rings. The van der Waals surface area contributed by atoms with Gasteiger partial charge in [-0.1, -0.05) is 0 Å². The molecule has 1 fully saturated rings. The molecule has 1 aromatic rings. The number of H-pyrrole nitrogens is 2. The zero-order valence-corrected chi connectivity index (χ0v) is 9.04. The maximum Gasteiger partial charge on any atom is 0.342 e. The third-order valence-electron chi connectivity index (χ3n) is 2.68. The maximum atomic E-state index is 11.4. The Morgan fingerprint density at radius 2 is 2.25 bits per heavy atom. The molecule has 7 heteroatoms. The van der Waals surface area contributed by atoms with Gasteiger partial charge in [0.25, 0.3) is 5.56 Å². The Balaban J connectivity index is 2.08. The zero-order valence-electron chi connectivity index (χ0n) is 9.04. The van der Waals surface area contributed by atoms with E-state index in [2.05, 4.69) is 32.7 Å². The molecule has 2 heterocycles. The summed E-state index contributed by atoms with van der Waals surface area (Å²) in [6.45, 7) is 3.01. The molecule has 1 saturated heterocycles. The van der Waals surface area contributed by atoms with Crippen molar-refractivity contribution in [1.82, 2.24) is 20.5 Å². The van der Waals surface area contributed by atoms with E-state index in [0.717, 1.165) is 19.4 Å². The van der Waals surface area contributed by atoms with Gasteiger partial charge in [0, 0.05) is 12.1 Å². The Labute approximate surface area is 91.7 Å². The highest BCUT2D eigenvalue weighted by Crippen LogP contribution is 2.11. The molecule has 0 saturated carbocycles. The zero-order chi connectivity index (χ0) is 11.5. The lowest BCUT2D eigenvalue weighted by atomic mass is 10.0. The number of aromatic amines is 2. The van der Waals surface area contributed by atoms with E-state index < -0.39 is 11.2 Å². The van der Waals surface area contributed by atoms with Crippen LogP contribution in [0.2, 0.25) is 0 Å². The van der Waals surface area contributed by atoms with Gasteiger partial charge >= 0.3 is 5.69 Å². The summed E-state index contributed by atoms with van der Waals surface area (Å²) < 4.78 is 0. The van der Waals surface area contributed by atoms with Crippen LogP contribution in [0, 0.1) is 0 Å². The molecule has 2 rings (SSSR count). The third-order valence-corrected chi connectivity index (χ3v) is 2.68. The van der Waals surface area contributed by atoms with Crippen LogP contribution in [0.4, 0.5) is 5.82 Å². The Hall–Kier alpha value is -1.63. The smallest absolute Gasteiger partial charge is 0.342 e. The predicted octanol–water partition coefficient (Wildman–Crippen LogP) is -0.989. The summed E-state index contributed by atoms with van der Waals surface area (Å²) in [5, 5.41) is 12.2. The molecule has 7 nitrogen and oxygen atoms in total. The van der Waals surface area contributed by atoms with Crippen molar-refractivity contribution in [3.8, 4) is 0 Å². The van der Waals surface area contributed by atoms with E-state index in [1.54, 1.807) is 0 Å². The lowest BCUT2D eigenvalue weighted by molar-refractivity contribution is 0.395. The number of nitrogens with one attached hydrogen (secondary N) is 4. The quantitative estimate of drug-likeness (QED) is 0.517. The van der Waals surface area contributed by atoms with Gasteiger partial charge in [-0.05, 0) is 26.3 Å². The number of piperidine rings is 1. The van der Waals surface area contributed by atoms with Crippen LogP contribution in [0.1, 0.15) is 19.8 Å². The average Bonchev–Trinajstić information content (AvgIpc) is 2.22. The molecule has 0 aromatic carbocycles. The normalized spacial score (nSPS) is 25.3. The Bertz CT molecular complexity index is 465. The van der Waals surface area contributed by atoms with Crippen molar-refractivity contribution in [2.75, 3.05) is 11.9 Å². The van der Waals surface area contributed by atoms with Crippen molar-refractivity contribution in [2.24, 2.45) is 0 Å². The van der Waals surface area contributed by atoms with Gasteiger partial charge < -0.3 is 10.6 Å². The third kappa shape index (κ3) is 2.48. The minimum absolute atomic E-state index is 0.179. The summed E-state index contributed by atoms with van der Waals surface area (Å²) in [4.78, 5) is 24.3. The van der Waals surface area contributed by atoms with Crippen LogP contribution in [0.5, 0.6) is 0 Å². The molecule has 0 amide bonds. The van der Waals surface area contributed by atoms with E-state index in [0.29, 0.717) is 6.04 Å². The molecule has 1 aliphatic heterocycles. The van der Waals surface area contributed by atoms with E-state index in [4.69, 9.17) is 0 Å². The molecule has 16 heavy (non-hydrogen) atoms. The highest BCUT2D eigenvalue weighted by atomic mass is 16.2. The van der Waals surface area contributed by atoms with Gasteiger partial charge in [-0.25, -0.2) is 9.89 Å². The summed E-state index contributed by atoms with van der Waals surface area (Å²) in [7, 11) is 0. The molecule has 88 valence electrons. The summed E-state index contributed by atoms with van der Waals surface area (Å²) in [5.41, 5.74) is -1.07. The number of nitrogens with zero attached hydrogens (tertiary/aromatic N) is 1. The van der Waals surface area contributed by atoms with E-state index in [9.17, 15) is 9.59 Å². The van der Waals surface area contributed by atoms with Crippen LogP contribution in [0.15, 0.2) is 9.59 Å². The number of hydrogen-bond acceptors (Lipinski definition) is 5. The van der Waals surface area contributed by atoms with Gasteiger partial charge in [0.1, 0.15) is 0 Å². The van der Waals surface area contributed by atoms with Crippen molar-refractivity contribution in [3.05, 3.63) is 20.8 Å². The molecule has 1 aromatic heterocycles. The molecule has 0 radical (unpaired) electrons. The summed E-state index contributed by atoms with van der Waals surface area (Å²) in [6.07, 6.45) is 1.87. The van der Waals surface area contributed by atoms with Crippen molar-refractivity contribution in [1.29, 1.82) is 0 Å².